The van der Waals surface area contributed by atoms with Gasteiger partial charge in [-0.15, -0.1) is 5.10 Å². The van der Waals surface area contributed by atoms with Crippen molar-refractivity contribution in [2.75, 3.05) is 20.3 Å². The summed E-state index contributed by atoms with van der Waals surface area (Å²) in [6.07, 6.45) is 0. The van der Waals surface area contributed by atoms with Gasteiger partial charge >= 0.3 is 0 Å². The topological polar surface area (TPSA) is 69.0 Å². The molecule has 0 unspecified atom stereocenters. The standard InChI is InChI=1S/C18H16Cl2N4O2/c1-26-11-10-21-18(25)16-22-17(12-2-4-13(19)5-3-12)24(23-16)15-8-6-14(20)7-9-15/h2-9H,10-11H2,1H3,(H,21,25). The van der Waals surface area contributed by atoms with E-state index in [1.807, 2.05) is 24.3 Å². The van der Waals surface area contributed by atoms with Crippen molar-refractivity contribution in [3.8, 4) is 17.1 Å². The largest absolute Gasteiger partial charge is 0.383 e. The van der Waals surface area contributed by atoms with Crippen molar-refractivity contribution in [2.24, 2.45) is 0 Å². The molecule has 0 aliphatic rings. The minimum Gasteiger partial charge on any atom is -0.383 e. The minimum atomic E-state index is -0.370. The summed E-state index contributed by atoms with van der Waals surface area (Å²) in [7, 11) is 1.57. The highest BCUT2D eigenvalue weighted by Gasteiger charge is 2.18. The Morgan fingerprint density at radius 2 is 1.69 bits per heavy atom. The smallest absolute Gasteiger partial charge is 0.291 e. The van der Waals surface area contributed by atoms with Gasteiger partial charge < -0.3 is 10.1 Å². The first kappa shape index (κ1) is 18.4. The van der Waals surface area contributed by atoms with Crippen LogP contribution in [0, 0.1) is 0 Å². The first-order valence-electron chi connectivity index (χ1n) is 7.84. The van der Waals surface area contributed by atoms with Gasteiger partial charge in [-0.1, -0.05) is 23.2 Å². The summed E-state index contributed by atoms with van der Waals surface area (Å²) in [5.74, 6) is 0.229. The van der Waals surface area contributed by atoms with Crippen LogP contribution in [0.5, 0.6) is 0 Å². The highest BCUT2D eigenvalue weighted by molar-refractivity contribution is 6.30. The van der Waals surface area contributed by atoms with E-state index in [1.165, 1.54) is 0 Å². The summed E-state index contributed by atoms with van der Waals surface area (Å²) in [6.45, 7) is 0.786. The van der Waals surface area contributed by atoms with E-state index in [2.05, 4.69) is 15.4 Å². The fourth-order valence-electron chi connectivity index (χ4n) is 2.30. The van der Waals surface area contributed by atoms with Crippen LogP contribution < -0.4 is 5.32 Å². The molecule has 1 amide bonds. The third-order valence-electron chi connectivity index (χ3n) is 3.58. The first-order chi connectivity index (χ1) is 12.6. The number of ether oxygens (including phenoxy) is 1. The lowest BCUT2D eigenvalue weighted by Crippen LogP contribution is -2.28. The zero-order chi connectivity index (χ0) is 18.5. The number of rotatable bonds is 6. The quantitative estimate of drug-likeness (QED) is 0.652. The van der Waals surface area contributed by atoms with Crippen LogP contribution in [0.4, 0.5) is 0 Å². The second-order valence-corrected chi connectivity index (χ2v) is 6.28. The molecule has 134 valence electrons. The summed E-state index contributed by atoms with van der Waals surface area (Å²) < 4.78 is 6.53. The lowest BCUT2D eigenvalue weighted by molar-refractivity contribution is 0.0927. The van der Waals surface area contributed by atoms with Gasteiger partial charge in [-0.3, -0.25) is 4.79 Å². The van der Waals surface area contributed by atoms with Crippen LogP contribution in [0.1, 0.15) is 10.6 Å². The van der Waals surface area contributed by atoms with E-state index in [-0.39, 0.29) is 11.7 Å². The number of halogens is 2. The van der Waals surface area contributed by atoms with Gasteiger partial charge in [-0.05, 0) is 48.5 Å². The number of benzene rings is 2. The van der Waals surface area contributed by atoms with Crippen LogP contribution >= 0.6 is 23.2 Å². The Morgan fingerprint density at radius 3 is 2.31 bits per heavy atom. The average Bonchev–Trinajstić information content (AvgIpc) is 3.08. The molecular weight excluding hydrogens is 375 g/mol. The van der Waals surface area contributed by atoms with E-state index in [1.54, 1.807) is 36.1 Å². The van der Waals surface area contributed by atoms with E-state index in [9.17, 15) is 4.79 Å². The molecule has 1 aromatic heterocycles. The molecule has 0 saturated heterocycles. The van der Waals surface area contributed by atoms with Gasteiger partial charge in [0.25, 0.3) is 5.91 Å². The number of methoxy groups -OCH3 is 1. The molecule has 0 fully saturated rings. The Kier molecular flexibility index (Phi) is 5.88. The maximum atomic E-state index is 12.3. The average molecular weight is 391 g/mol. The lowest BCUT2D eigenvalue weighted by atomic mass is 10.2. The van der Waals surface area contributed by atoms with Crippen molar-refractivity contribution >= 4 is 29.1 Å². The van der Waals surface area contributed by atoms with Gasteiger partial charge in [-0.2, -0.15) is 0 Å². The van der Waals surface area contributed by atoms with E-state index in [4.69, 9.17) is 27.9 Å². The Balaban J connectivity index is 2.01. The van der Waals surface area contributed by atoms with Gasteiger partial charge in [0, 0.05) is 29.3 Å². The van der Waals surface area contributed by atoms with Crippen LogP contribution in [0.15, 0.2) is 48.5 Å². The number of nitrogens with one attached hydrogen (secondary N) is 1. The molecule has 1 N–H and O–H groups in total. The third-order valence-corrected chi connectivity index (χ3v) is 4.08. The molecule has 0 bridgehead atoms. The zero-order valence-corrected chi connectivity index (χ0v) is 15.5. The van der Waals surface area contributed by atoms with Gasteiger partial charge in [-0.25, -0.2) is 9.67 Å². The summed E-state index contributed by atoms with van der Waals surface area (Å²) in [6, 6.07) is 14.3. The van der Waals surface area contributed by atoms with Crippen molar-refractivity contribution in [3.05, 3.63) is 64.4 Å². The van der Waals surface area contributed by atoms with Gasteiger partial charge in [0.2, 0.25) is 5.82 Å². The van der Waals surface area contributed by atoms with Crippen molar-refractivity contribution in [3.63, 3.8) is 0 Å². The molecule has 0 saturated carbocycles. The molecule has 6 nitrogen and oxygen atoms in total. The molecule has 0 aliphatic carbocycles. The second kappa shape index (κ2) is 8.31. The summed E-state index contributed by atoms with van der Waals surface area (Å²) in [5.41, 5.74) is 1.52. The fraction of sp³-hybridized carbons (Fsp3) is 0.167. The van der Waals surface area contributed by atoms with Crippen LogP contribution in [0.2, 0.25) is 10.0 Å². The molecule has 0 atom stereocenters. The van der Waals surface area contributed by atoms with Crippen LogP contribution in [-0.2, 0) is 4.74 Å². The molecule has 0 spiro atoms. The summed E-state index contributed by atoms with van der Waals surface area (Å²) in [5, 5.41) is 8.31. The molecule has 0 aliphatic heterocycles. The number of hydrogen-bond donors (Lipinski definition) is 1. The van der Waals surface area contributed by atoms with Crippen molar-refractivity contribution in [2.45, 2.75) is 0 Å². The minimum absolute atomic E-state index is 0.0704. The Bertz CT molecular complexity index is 830. The van der Waals surface area contributed by atoms with Crippen LogP contribution in [0.25, 0.3) is 17.1 Å². The number of carbonyl (C=O) groups is 1. The SMILES string of the molecule is COCCNC(=O)c1nc(-c2ccc(Cl)cc2)n(-c2ccc(Cl)cc2)n1. The lowest BCUT2D eigenvalue weighted by Gasteiger charge is -2.06. The van der Waals surface area contributed by atoms with Gasteiger partial charge in [0.1, 0.15) is 0 Å². The highest BCUT2D eigenvalue weighted by Crippen LogP contribution is 2.23. The number of hydrogen-bond acceptors (Lipinski definition) is 4. The monoisotopic (exact) mass is 390 g/mol. The van der Waals surface area contributed by atoms with E-state index >= 15 is 0 Å². The van der Waals surface area contributed by atoms with Gasteiger partial charge in [0.05, 0.1) is 12.3 Å². The number of nitrogens with zero attached hydrogens (tertiary/aromatic N) is 3. The third kappa shape index (κ3) is 4.22. The molecule has 3 aromatic rings. The molecule has 8 heteroatoms. The Hall–Kier alpha value is -2.41. The van der Waals surface area contributed by atoms with E-state index in [0.717, 1.165) is 11.3 Å². The van der Waals surface area contributed by atoms with E-state index < -0.39 is 0 Å². The number of carbonyl (C=O) groups excluding carboxylic acids is 1. The summed E-state index contributed by atoms with van der Waals surface area (Å²) in [4.78, 5) is 16.7. The number of aromatic nitrogens is 3. The highest BCUT2D eigenvalue weighted by atomic mass is 35.5. The molecule has 26 heavy (non-hydrogen) atoms. The van der Waals surface area contributed by atoms with Crippen LogP contribution in [-0.4, -0.2) is 40.9 Å². The Labute approximate surface area is 160 Å². The van der Waals surface area contributed by atoms with Crippen molar-refractivity contribution in [1.82, 2.24) is 20.1 Å². The normalized spacial score (nSPS) is 10.7. The maximum absolute atomic E-state index is 12.3. The molecular formula is C18H16Cl2N4O2. The Morgan fingerprint density at radius 1 is 1.08 bits per heavy atom. The predicted molar refractivity (Wildman–Crippen MR) is 101 cm³/mol. The van der Waals surface area contributed by atoms with Crippen molar-refractivity contribution < 1.29 is 9.53 Å². The summed E-state index contributed by atoms with van der Waals surface area (Å²) >= 11 is 11.9. The maximum Gasteiger partial charge on any atom is 0.291 e. The first-order valence-corrected chi connectivity index (χ1v) is 8.60. The fourth-order valence-corrected chi connectivity index (χ4v) is 2.55. The molecule has 1 heterocycles. The zero-order valence-electron chi connectivity index (χ0n) is 13.9. The number of amides is 1. The second-order valence-electron chi connectivity index (χ2n) is 5.40. The van der Waals surface area contributed by atoms with E-state index in [0.29, 0.717) is 29.0 Å². The molecule has 3 rings (SSSR count). The van der Waals surface area contributed by atoms with Crippen molar-refractivity contribution in [1.29, 1.82) is 0 Å². The molecule has 2 aromatic carbocycles. The predicted octanol–water partition coefficient (Wildman–Crippen LogP) is 3.62. The molecule has 0 radical (unpaired) electrons. The van der Waals surface area contributed by atoms with Crippen LogP contribution in [0.3, 0.4) is 0 Å². The van der Waals surface area contributed by atoms with Gasteiger partial charge in [0.15, 0.2) is 5.82 Å².